The molecule has 0 N–H and O–H groups in total. The average Bonchev–Trinajstić information content (AvgIpc) is 2.47. The van der Waals surface area contributed by atoms with Crippen LogP contribution in [0, 0.1) is 19.8 Å². The zero-order chi connectivity index (χ0) is 16.0. The van der Waals surface area contributed by atoms with Crippen molar-refractivity contribution in [2.75, 3.05) is 18.5 Å². The number of Topliss-reactive ketones (excluding diaryl/α,β-unsaturated/α-hetero) is 1. The van der Waals surface area contributed by atoms with Crippen molar-refractivity contribution >= 4 is 11.5 Å². The molecule has 21 heavy (non-hydrogen) atoms. The molecular formula is C18H27NO2. The van der Waals surface area contributed by atoms with Gasteiger partial charge in [0.1, 0.15) is 5.60 Å². The maximum Gasteiger partial charge on any atom is 0.171 e. The second-order valence-corrected chi connectivity index (χ2v) is 7.30. The molecule has 1 aliphatic rings. The van der Waals surface area contributed by atoms with Crippen LogP contribution in [-0.2, 0) is 9.53 Å². The number of benzene rings is 1. The zero-order valence-electron chi connectivity index (χ0n) is 14.3. The van der Waals surface area contributed by atoms with Gasteiger partial charge in [0.05, 0.1) is 11.5 Å². The van der Waals surface area contributed by atoms with Crippen LogP contribution in [0.5, 0.6) is 0 Å². The van der Waals surface area contributed by atoms with Gasteiger partial charge in [-0.25, -0.2) is 0 Å². The molecule has 0 aliphatic carbocycles. The molecule has 1 fully saturated rings. The Morgan fingerprint density at radius 1 is 1.19 bits per heavy atom. The van der Waals surface area contributed by atoms with Crippen molar-refractivity contribution in [3.05, 3.63) is 29.3 Å². The fourth-order valence-corrected chi connectivity index (χ4v) is 3.42. The molecule has 0 spiro atoms. The van der Waals surface area contributed by atoms with Crippen molar-refractivity contribution in [2.45, 2.75) is 52.7 Å². The van der Waals surface area contributed by atoms with Gasteiger partial charge >= 0.3 is 0 Å². The summed E-state index contributed by atoms with van der Waals surface area (Å²) < 4.78 is 5.97. The minimum Gasteiger partial charge on any atom is -0.374 e. The number of carbonyl (C=O) groups excluding carboxylic acids is 1. The van der Waals surface area contributed by atoms with Gasteiger partial charge in [0.25, 0.3) is 0 Å². The lowest BCUT2D eigenvalue weighted by Crippen LogP contribution is -2.40. The van der Waals surface area contributed by atoms with E-state index in [1.807, 2.05) is 34.7 Å². The third-order valence-corrected chi connectivity index (χ3v) is 4.49. The van der Waals surface area contributed by atoms with Gasteiger partial charge < -0.3 is 9.64 Å². The SMILES string of the molecule is Cc1ccc(N(C)CC2C(=O)C(C)(C)OC2(C)C)c(C)c1. The maximum absolute atomic E-state index is 12.6. The van der Waals surface area contributed by atoms with Crippen LogP contribution >= 0.6 is 0 Å². The molecule has 0 saturated carbocycles. The molecule has 2 rings (SSSR count). The molecule has 0 amide bonds. The Hall–Kier alpha value is -1.35. The summed E-state index contributed by atoms with van der Waals surface area (Å²) in [5.41, 5.74) is 2.56. The van der Waals surface area contributed by atoms with E-state index in [-0.39, 0.29) is 11.7 Å². The lowest BCUT2D eigenvalue weighted by atomic mass is 9.85. The Morgan fingerprint density at radius 3 is 2.29 bits per heavy atom. The summed E-state index contributed by atoms with van der Waals surface area (Å²) in [5.74, 6) is 0.0855. The molecule has 3 nitrogen and oxygen atoms in total. The Labute approximate surface area is 128 Å². The van der Waals surface area contributed by atoms with E-state index in [4.69, 9.17) is 4.74 Å². The summed E-state index contributed by atoms with van der Waals surface area (Å²) in [4.78, 5) is 14.8. The van der Waals surface area contributed by atoms with E-state index in [0.717, 1.165) is 0 Å². The third-order valence-electron chi connectivity index (χ3n) is 4.49. The second kappa shape index (κ2) is 5.13. The number of hydrogen-bond acceptors (Lipinski definition) is 3. The number of ether oxygens (including phenoxy) is 1. The first-order chi connectivity index (χ1) is 9.54. The molecule has 1 aliphatic heterocycles. The number of ketones is 1. The predicted molar refractivity (Wildman–Crippen MR) is 86.9 cm³/mol. The predicted octanol–water partition coefficient (Wildman–Crippen LogP) is 3.51. The minimum atomic E-state index is -0.683. The summed E-state index contributed by atoms with van der Waals surface area (Å²) in [6, 6.07) is 6.41. The maximum atomic E-state index is 12.6. The van der Waals surface area contributed by atoms with Crippen LogP contribution in [0.15, 0.2) is 18.2 Å². The molecule has 1 saturated heterocycles. The smallest absolute Gasteiger partial charge is 0.171 e. The Bertz CT molecular complexity index is 560. The first-order valence-electron chi connectivity index (χ1n) is 7.57. The highest BCUT2D eigenvalue weighted by molar-refractivity contribution is 5.92. The van der Waals surface area contributed by atoms with E-state index in [2.05, 4.69) is 36.9 Å². The summed E-state index contributed by atoms with van der Waals surface area (Å²) >= 11 is 0. The highest BCUT2D eigenvalue weighted by atomic mass is 16.5. The van der Waals surface area contributed by atoms with Crippen LogP contribution in [0.25, 0.3) is 0 Å². The molecule has 1 heterocycles. The average molecular weight is 289 g/mol. The molecule has 3 heteroatoms. The van der Waals surface area contributed by atoms with Gasteiger partial charge in [-0.3, -0.25) is 4.79 Å². The topological polar surface area (TPSA) is 29.5 Å². The van der Waals surface area contributed by atoms with Crippen LogP contribution in [0.1, 0.15) is 38.8 Å². The minimum absolute atomic E-state index is 0.113. The van der Waals surface area contributed by atoms with E-state index < -0.39 is 11.2 Å². The lowest BCUT2D eigenvalue weighted by molar-refractivity contribution is -0.132. The Balaban J connectivity index is 2.23. The summed E-state index contributed by atoms with van der Waals surface area (Å²) in [6.45, 7) is 12.7. The van der Waals surface area contributed by atoms with Crippen molar-refractivity contribution < 1.29 is 9.53 Å². The monoisotopic (exact) mass is 289 g/mol. The van der Waals surface area contributed by atoms with Crippen molar-refractivity contribution in [1.29, 1.82) is 0 Å². The van der Waals surface area contributed by atoms with Crippen molar-refractivity contribution in [3.63, 3.8) is 0 Å². The number of aryl methyl sites for hydroxylation is 2. The Morgan fingerprint density at radius 2 is 1.81 bits per heavy atom. The van der Waals surface area contributed by atoms with Gasteiger partial charge in [0.2, 0.25) is 0 Å². The van der Waals surface area contributed by atoms with E-state index in [1.54, 1.807) is 0 Å². The van der Waals surface area contributed by atoms with E-state index in [9.17, 15) is 4.79 Å². The van der Waals surface area contributed by atoms with E-state index in [0.29, 0.717) is 6.54 Å². The zero-order valence-corrected chi connectivity index (χ0v) is 14.3. The van der Waals surface area contributed by atoms with Crippen molar-refractivity contribution in [3.8, 4) is 0 Å². The van der Waals surface area contributed by atoms with Gasteiger partial charge in [0, 0.05) is 19.3 Å². The number of hydrogen-bond donors (Lipinski definition) is 0. The Kier molecular flexibility index (Phi) is 3.92. The number of nitrogens with zero attached hydrogens (tertiary/aromatic N) is 1. The lowest BCUT2D eigenvalue weighted by Gasteiger charge is -2.30. The molecule has 116 valence electrons. The van der Waals surface area contributed by atoms with E-state index >= 15 is 0 Å². The van der Waals surface area contributed by atoms with Crippen LogP contribution in [0.3, 0.4) is 0 Å². The molecule has 0 bridgehead atoms. The van der Waals surface area contributed by atoms with Gasteiger partial charge in [-0.15, -0.1) is 0 Å². The number of carbonyl (C=O) groups is 1. The molecule has 1 aromatic rings. The molecule has 0 aromatic heterocycles. The summed E-state index contributed by atoms with van der Waals surface area (Å²) in [5, 5.41) is 0. The number of anilines is 1. The summed E-state index contributed by atoms with van der Waals surface area (Å²) in [7, 11) is 2.05. The van der Waals surface area contributed by atoms with Gasteiger partial charge in [-0.1, -0.05) is 17.7 Å². The third kappa shape index (κ3) is 2.98. The normalized spacial score (nSPS) is 23.4. The molecule has 1 atom stereocenters. The quantitative estimate of drug-likeness (QED) is 0.853. The van der Waals surface area contributed by atoms with Crippen LogP contribution in [0.2, 0.25) is 0 Å². The fraction of sp³-hybridized carbons (Fsp3) is 0.611. The van der Waals surface area contributed by atoms with Crippen LogP contribution in [0.4, 0.5) is 5.69 Å². The van der Waals surface area contributed by atoms with Gasteiger partial charge in [0.15, 0.2) is 5.78 Å². The largest absolute Gasteiger partial charge is 0.374 e. The highest BCUT2D eigenvalue weighted by Crippen LogP contribution is 2.40. The number of rotatable bonds is 3. The second-order valence-electron chi connectivity index (χ2n) is 7.30. The first kappa shape index (κ1) is 16.0. The van der Waals surface area contributed by atoms with E-state index in [1.165, 1.54) is 16.8 Å². The summed E-state index contributed by atoms with van der Waals surface area (Å²) in [6.07, 6.45) is 0. The van der Waals surface area contributed by atoms with Crippen molar-refractivity contribution in [2.24, 2.45) is 5.92 Å². The highest BCUT2D eigenvalue weighted by Gasteiger charge is 2.53. The molecule has 1 unspecified atom stereocenters. The van der Waals surface area contributed by atoms with Gasteiger partial charge in [-0.2, -0.15) is 0 Å². The molecular weight excluding hydrogens is 262 g/mol. The van der Waals surface area contributed by atoms with Crippen LogP contribution in [-0.4, -0.2) is 30.6 Å². The first-order valence-corrected chi connectivity index (χ1v) is 7.57. The molecule has 1 aromatic carbocycles. The van der Waals surface area contributed by atoms with Gasteiger partial charge in [-0.05, 0) is 53.2 Å². The fourth-order valence-electron chi connectivity index (χ4n) is 3.42. The van der Waals surface area contributed by atoms with Crippen molar-refractivity contribution in [1.82, 2.24) is 0 Å². The van der Waals surface area contributed by atoms with Crippen LogP contribution < -0.4 is 4.90 Å². The standard InChI is InChI=1S/C18H27NO2/c1-12-8-9-15(13(2)10-12)19(7)11-14-16(20)18(5,6)21-17(14,3)4/h8-10,14H,11H2,1-7H3. The molecule has 0 radical (unpaired) electrons.